The van der Waals surface area contributed by atoms with Gasteiger partial charge in [-0.25, -0.2) is 8.42 Å². The van der Waals surface area contributed by atoms with Crippen LogP contribution in [-0.2, 0) is 27.8 Å². The van der Waals surface area contributed by atoms with E-state index in [4.69, 9.17) is 4.74 Å². The molecule has 0 bridgehead atoms. The fraction of sp³-hybridized carbons (Fsp3) is 0.381. The molecule has 0 atom stereocenters. The van der Waals surface area contributed by atoms with E-state index in [-0.39, 0.29) is 10.8 Å². The first kappa shape index (κ1) is 21.4. The summed E-state index contributed by atoms with van der Waals surface area (Å²) in [6, 6.07) is 14.1. The molecule has 0 aromatic heterocycles. The van der Waals surface area contributed by atoms with Gasteiger partial charge in [0, 0.05) is 31.7 Å². The van der Waals surface area contributed by atoms with Gasteiger partial charge in [0.2, 0.25) is 10.0 Å². The zero-order valence-corrected chi connectivity index (χ0v) is 17.6. The van der Waals surface area contributed by atoms with Crippen LogP contribution in [0.2, 0.25) is 0 Å². The number of carbonyl (C=O) groups is 1. The Labute approximate surface area is 172 Å². The molecule has 1 aliphatic rings. The highest BCUT2D eigenvalue weighted by atomic mass is 32.2. The van der Waals surface area contributed by atoms with Crippen molar-refractivity contribution in [3.8, 4) is 0 Å². The van der Waals surface area contributed by atoms with E-state index < -0.39 is 10.0 Å². The average Bonchev–Trinajstić information content (AvgIpc) is 2.73. The quantitative estimate of drug-likeness (QED) is 0.742. The summed E-state index contributed by atoms with van der Waals surface area (Å²) in [6.45, 7) is 2.56. The molecule has 156 valence electrons. The number of amides is 1. The third kappa shape index (κ3) is 5.42. The number of nitrogens with one attached hydrogen (secondary N) is 1. The first-order valence-corrected chi connectivity index (χ1v) is 11.0. The summed E-state index contributed by atoms with van der Waals surface area (Å²) in [7, 11) is 0.354. The molecule has 1 amide bonds. The largest absolute Gasteiger partial charge is 0.379 e. The zero-order valence-electron chi connectivity index (χ0n) is 16.8. The van der Waals surface area contributed by atoms with E-state index >= 15 is 0 Å². The predicted octanol–water partition coefficient (Wildman–Crippen LogP) is 1.70. The van der Waals surface area contributed by atoms with Gasteiger partial charge < -0.3 is 15.0 Å². The number of rotatable bonds is 7. The topological polar surface area (TPSA) is 79.0 Å². The van der Waals surface area contributed by atoms with E-state index in [1.165, 1.54) is 16.4 Å². The number of hydrogen-bond donors (Lipinski definition) is 1. The fourth-order valence-electron chi connectivity index (χ4n) is 3.24. The van der Waals surface area contributed by atoms with Crippen LogP contribution in [0.3, 0.4) is 0 Å². The van der Waals surface area contributed by atoms with Gasteiger partial charge in [-0.05, 0) is 43.4 Å². The first-order chi connectivity index (χ1) is 13.9. The summed E-state index contributed by atoms with van der Waals surface area (Å²) in [4.78, 5) is 14.9. The minimum Gasteiger partial charge on any atom is -0.379 e. The highest BCUT2D eigenvalue weighted by molar-refractivity contribution is 7.89. The van der Waals surface area contributed by atoms with Crippen LogP contribution in [-0.4, -0.2) is 63.9 Å². The van der Waals surface area contributed by atoms with Crippen LogP contribution in [0.1, 0.15) is 21.5 Å². The molecule has 29 heavy (non-hydrogen) atoms. The van der Waals surface area contributed by atoms with Crippen LogP contribution >= 0.6 is 0 Å². The van der Waals surface area contributed by atoms with Gasteiger partial charge in [0.25, 0.3) is 5.91 Å². The van der Waals surface area contributed by atoms with Crippen LogP contribution in [0, 0.1) is 0 Å². The lowest BCUT2D eigenvalue weighted by atomic mass is 10.1. The molecule has 7 nitrogen and oxygen atoms in total. The summed E-state index contributed by atoms with van der Waals surface area (Å²) in [5.41, 5.74) is 2.50. The van der Waals surface area contributed by atoms with Crippen molar-refractivity contribution in [2.24, 2.45) is 0 Å². The van der Waals surface area contributed by atoms with Crippen molar-refractivity contribution < 1.29 is 17.9 Å². The van der Waals surface area contributed by atoms with Gasteiger partial charge in [0.15, 0.2) is 0 Å². The average molecular weight is 418 g/mol. The lowest BCUT2D eigenvalue weighted by Gasteiger charge is -2.26. The molecular formula is C21H27N3O4S. The number of sulfonamides is 1. The molecule has 1 saturated heterocycles. The SMILES string of the molecule is CN(C)Cc1ccccc1CNC(=O)c1cccc(S(=O)(=O)N2CCOCC2)c1. The second kappa shape index (κ2) is 9.49. The number of carbonyl (C=O) groups excluding carboxylic acids is 1. The smallest absolute Gasteiger partial charge is 0.251 e. The van der Waals surface area contributed by atoms with Gasteiger partial charge in [-0.1, -0.05) is 30.3 Å². The van der Waals surface area contributed by atoms with E-state index in [1.54, 1.807) is 12.1 Å². The fourth-order valence-corrected chi connectivity index (χ4v) is 4.69. The Morgan fingerprint density at radius 2 is 1.76 bits per heavy atom. The summed E-state index contributed by atoms with van der Waals surface area (Å²) >= 11 is 0. The van der Waals surface area contributed by atoms with E-state index in [1.807, 2.05) is 38.4 Å². The van der Waals surface area contributed by atoms with Gasteiger partial charge in [0.1, 0.15) is 0 Å². The molecular weight excluding hydrogens is 390 g/mol. The molecule has 2 aromatic rings. The van der Waals surface area contributed by atoms with Crippen molar-refractivity contribution in [1.82, 2.24) is 14.5 Å². The summed E-state index contributed by atoms with van der Waals surface area (Å²) in [5.74, 6) is -0.302. The Bertz CT molecular complexity index is 954. The number of nitrogens with zero attached hydrogens (tertiary/aromatic N) is 2. The molecule has 0 unspecified atom stereocenters. The maximum Gasteiger partial charge on any atom is 0.251 e. The van der Waals surface area contributed by atoms with Crippen molar-refractivity contribution in [2.45, 2.75) is 18.0 Å². The predicted molar refractivity (Wildman–Crippen MR) is 111 cm³/mol. The molecule has 0 aliphatic carbocycles. The Hall–Kier alpha value is -2.26. The summed E-state index contributed by atoms with van der Waals surface area (Å²) < 4.78 is 32.3. The minimum atomic E-state index is -3.64. The highest BCUT2D eigenvalue weighted by Gasteiger charge is 2.26. The summed E-state index contributed by atoms with van der Waals surface area (Å²) in [6.07, 6.45) is 0. The van der Waals surface area contributed by atoms with Crippen molar-refractivity contribution in [3.63, 3.8) is 0 Å². The Morgan fingerprint density at radius 1 is 1.07 bits per heavy atom. The van der Waals surface area contributed by atoms with Crippen molar-refractivity contribution in [3.05, 3.63) is 65.2 Å². The maximum absolute atomic E-state index is 12.8. The van der Waals surface area contributed by atoms with Gasteiger partial charge in [0.05, 0.1) is 18.1 Å². The molecule has 1 fully saturated rings. The Balaban J connectivity index is 1.72. The summed E-state index contributed by atoms with van der Waals surface area (Å²) in [5, 5.41) is 2.90. The molecule has 3 rings (SSSR count). The molecule has 1 N–H and O–H groups in total. The number of morpholine rings is 1. The van der Waals surface area contributed by atoms with Crippen molar-refractivity contribution >= 4 is 15.9 Å². The maximum atomic E-state index is 12.8. The van der Waals surface area contributed by atoms with Crippen LogP contribution in [0.25, 0.3) is 0 Å². The second-order valence-electron chi connectivity index (χ2n) is 7.23. The molecule has 0 spiro atoms. The van der Waals surface area contributed by atoms with Crippen LogP contribution in [0.15, 0.2) is 53.4 Å². The van der Waals surface area contributed by atoms with E-state index in [9.17, 15) is 13.2 Å². The molecule has 8 heteroatoms. The van der Waals surface area contributed by atoms with Gasteiger partial charge in [-0.2, -0.15) is 4.31 Å². The van der Waals surface area contributed by atoms with Crippen molar-refractivity contribution in [1.29, 1.82) is 0 Å². The molecule has 0 radical (unpaired) electrons. The van der Waals surface area contributed by atoms with E-state index in [0.29, 0.717) is 38.4 Å². The van der Waals surface area contributed by atoms with Gasteiger partial charge >= 0.3 is 0 Å². The first-order valence-electron chi connectivity index (χ1n) is 9.55. The highest BCUT2D eigenvalue weighted by Crippen LogP contribution is 2.18. The Kier molecular flexibility index (Phi) is 7.02. The van der Waals surface area contributed by atoms with E-state index in [0.717, 1.165) is 17.7 Å². The molecule has 2 aromatic carbocycles. The van der Waals surface area contributed by atoms with Gasteiger partial charge in [-0.3, -0.25) is 4.79 Å². The monoisotopic (exact) mass is 417 g/mol. The number of hydrogen-bond acceptors (Lipinski definition) is 5. The molecule has 0 saturated carbocycles. The van der Waals surface area contributed by atoms with Crippen LogP contribution in [0.4, 0.5) is 0 Å². The lowest BCUT2D eigenvalue weighted by Crippen LogP contribution is -2.40. The van der Waals surface area contributed by atoms with Crippen molar-refractivity contribution in [2.75, 3.05) is 40.4 Å². The number of benzene rings is 2. The van der Waals surface area contributed by atoms with Gasteiger partial charge in [-0.15, -0.1) is 0 Å². The number of ether oxygens (including phenoxy) is 1. The second-order valence-corrected chi connectivity index (χ2v) is 9.17. The zero-order chi connectivity index (χ0) is 20.9. The Morgan fingerprint density at radius 3 is 2.45 bits per heavy atom. The molecule has 1 aliphatic heterocycles. The third-order valence-electron chi connectivity index (χ3n) is 4.75. The third-order valence-corrected chi connectivity index (χ3v) is 6.64. The van der Waals surface area contributed by atoms with Crippen LogP contribution < -0.4 is 5.32 Å². The lowest BCUT2D eigenvalue weighted by molar-refractivity contribution is 0.0730. The van der Waals surface area contributed by atoms with Crippen LogP contribution in [0.5, 0.6) is 0 Å². The standard InChI is InChI=1S/C21H27N3O4S/c1-23(2)16-19-7-4-3-6-18(19)15-22-21(25)17-8-5-9-20(14-17)29(26,27)24-10-12-28-13-11-24/h3-9,14H,10-13,15-16H2,1-2H3,(H,22,25). The normalized spacial score (nSPS) is 15.4. The molecule has 1 heterocycles. The van der Waals surface area contributed by atoms with E-state index in [2.05, 4.69) is 10.2 Å². The minimum absolute atomic E-state index is 0.125.